The lowest BCUT2D eigenvalue weighted by atomic mass is 9.93. The summed E-state index contributed by atoms with van der Waals surface area (Å²) in [5.74, 6) is -8.96. The molecule has 2 bridgehead atoms. The number of rotatable bonds is 14. The van der Waals surface area contributed by atoms with Crippen LogP contribution in [0.15, 0.2) is 24.3 Å². The fourth-order valence-electron chi connectivity index (χ4n) is 9.04. The van der Waals surface area contributed by atoms with Gasteiger partial charge in [0.15, 0.2) is 0 Å². The molecule has 3 saturated heterocycles. The van der Waals surface area contributed by atoms with Gasteiger partial charge in [-0.2, -0.15) is 0 Å². The smallest absolute Gasteiger partial charge is 0.329 e. The van der Waals surface area contributed by atoms with E-state index in [2.05, 4.69) is 26.6 Å². The summed E-state index contributed by atoms with van der Waals surface area (Å²) in [6.07, 6.45) is -3.02. The highest BCUT2D eigenvalue weighted by molar-refractivity contribution is 5.99. The van der Waals surface area contributed by atoms with Crippen molar-refractivity contribution in [2.75, 3.05) is 20.7 Å². The number of piperidine rings is 1. The van der Waals surface area contributed by atoms with Gasteiger partial charge in [-0.15, -0.1) is 0 Å². The molecule has 4 rings (SSSR count). The summed E-state index contributed by atoms with van der Waals surface area (Å²) in [7, 11) is 2.87. The van der Waals surface area contributed by atoms with Crippen LogP contribution in [0.1, 0.15) is 106 Å². The first kappa shape index (κ1) is 56.3. The van der Waals surface area contributed by atoms with E-state index in [4.69, 9.17) is 15.2 Å². The van der Waals surface area contributed by atoms with Gasteiger partial charge in [-0.1, -0.05) is 53.7 Å². The number of benzene rings is 1. The van der Waals surface area contributed by atoms with Crippen LogP contribution in [0.25, 0.3) is 0 Å². The molecule has 0 spiro atoms. The second-order valence-electron chi connectivity index (χ2n) is 19.6. The van der Waals surface area contributed by atoms with Gasteiger partial charge >= 0.3 is 5.97 Å². The first-order chi connectivity index (χ1) is 32.9. The molecule has 3 fully saturated rings. The largest absolute Gasteiger partial charge is 0.497 e. The Hall–Kier alpha value is -6.32. The lowest BCUT2D eigenvalue weighted by Gasteiger charge is -2.44. The van der Waals surface area contributed by atoms with Crippen LogP contribution in [-0.2, 0) is 59.1 Å². The van der Waals surface area contributed by atoms with E-state index in [1.54, 1.807) is 65.8 Å². The van der Waals surface area contributed by atoms with E-state index in [1.165, 1.54) is 32.9 Å². The normalized spacial score (nSPS) is 26.9. The third-order valence-electron chi connectivity index (χ3n) is 13.0. The fraction of sp³-hybridized carbons (Fsp3) is 0.667. The molecule has 9 amide bonds. The van der Waals surface area contributed by atoms with Gasteiger partial charge in [-0.25, -0.2) is 4.79 Å². The molecule has 0 unspecified atom stereocenters. The van der Waals surface area contributed by atoms with Crippen molar-refractivity contribution < 1.29 is 62.5 Å². The number of aliphatic hydroxyl groups excluding tert-OH is 1. The number of nitrogens with one attached hydrogen (secondary N) is 5. The number of primary amides is 1. The van der Waals surface area contributed by atoms with E-state index in [1.807, 2.05) is 0 Å². The van der Waals surface area contributed by atoms with Crippen molar-refractivity contribution in [3.8, 4) is 5.75 Å². The summed E-state index contributed by atoms with van der Waals surface area (Å²) in [6.45, 7) is 13.1. The van der Waals surface area contributed by atoms with Gasteiger partial charge in [0.05, 0.1) is 7.11 Å². The number of amides is 9. The molecule has 0 aromatic heterocycles. The molecule has 3 aliphatic rings. The van der Waals surface area contributed by atoms with E-state index >= 15 is 0 Å². The highest BCUT2D eigenvalue weighted by Gasteiger charge is 2.47. The number of ether oxygens (including phenoxy) is 2. The average molecular weight is 984 g/mol. The van der Waals surface area contributed by atoms with Crippen molar-refractivity contribution in [2.24, 2.45) is 23.5 Å². The van der Waals surface area contributed by atoms with Gasteiger partial charge in [0, 0.05) is 33.4 Å². The number of likely N-dealkylation sites (tertiary alicyclic amines) is 1. The topological polar surface area (TPSA) is 305 Å². The van der Waals surface area contributed by atoms with Crippen LogP contribution < -0.4 is 37.1 Å². The predicted octanol–water partition coefficient (Wildman–Crippen LogP) is -0.622. The predicted molar refractivity (Wildman–Crippen MR) is 252 cm³/mol. The quantitative estimate of drug-likeness (QED) is 0.115. The van der Waals surface area contributed by atoms with E-state index in [9.17, 15) is 53.1 Å². The minimum atomic E-state index is -1.79. The van der Waals surface area contributed by atoms with Crippen molar-refractivity contribution in [2.45, 2.75) is 167 Å². The average Bonchev–Trinajstić information content (AvgIpc) is 3.80. The second kappa shape index (κ2) is 25.0. The summed E-state index contributed by atoms with van der Waals surface area (Å²) >= 11 is 0. The lowest BCUT2D eigenvalue weighted by Crippen LogP contribution is -2.66. The maximum Gasteiger partial charge on any atom is 0.329 e. The third kappa shape index (κ3) is 14.4. The Morgan fingerprint density at radius 1 is 0.886 bits per heavy atom. The highest BCUT2D eigenvalue weighted by Crippen LogP contribution is 2.27. The summed E-state index contributed by atoms with van der Waals surface area (Å²) in [5.41, 5.74) is 6.03. The molecule has 22 heteroatoms. The number of fused-ring (bicyclic) bond motifs is 2. The van der Waals surface area contributed by atoms with E-state index in [0.717, 1.165) is 9.80 Å². The molecule has 10 atom stereocenters. The summed E-state index contributed by atoms with van der Waals surface area (Å²) < 4.78 is 11.2. The van der Waals surface area contributed by atoms with Crippen LogP contribution in [0.5, 0.6) is 5.75 Å². The third-order valence-corrected chi connectivity index (χ3v) is 13.0. The number of hydrogen-bond donors (Lipinski definition) is 7. The summed E-state index contributed by atoms with van der Waals surface area (Å²) in [4.78, 5) is 143. The number of hydrogen-bond acceptors (Lipinski definition) is 13. The van der Waals surface area contributed by atoms with Crippen molar-refractivity contribution in [1.82, 2.24) is 41.3 Å². The van der Waals surface area contributed by atoms with Crippen LogP contribution in [-0.4, -0.2) is 160 Å². The molecule has 8 N–H and O–H groups in total. The zero-order chi connectivity index (χ0) is 52.3. The molecule has 0 saturated carbocycles. The molecule has 3 aliphatic heterocycles. The minimum Gasteiger partial charge on any atom is -0.497 e. The van der Waals surface area contributed by atoms with Crippen molar-refractivity contribution >= 4 is 59.1 Å². The second-order valence-corrected chi connectivity index (χ2v) is 19.6. The molecule has 0 radical (unpaired) electrons. The Bertz CT molecular complexity index is 2100. The Labute approximate surface area is 409 Å². The maximum atomic E-state index is 14.8. The number of cyclic esters (lactones) is 1. The number of nitrogens with two attached hydrogens (primary N) is 1. The zero-order valence-electron chi connectivity index (χ0n) is 41.9. The Morgan fingerprint density at radius 3 is 2.11 bits per heavy atom. The van der Waals surface area contributed by atoms with Crippen molar-refractivity contribution in [1.29, 1.82) is 0 Å². The molecule has 0 aliphatic carbocycles. The van der Waals surface area contributed by atoms with Gasteiger partial charge in [-0.05, 0) is 80.9 Å². The van der Waals surface area contributed by atoms with Crippen LogP contribution in [0.3, 0.4) is 0 Å². The number of nitrogens with zero attached hydrogens (tertiary/aromatic N) is 3. The monoisotopic (exact) mass is 984 g/mol. The van der Waals surface area contributed by atoms with Crippen molar-refractivity contribution in [3.05, 3.63) is 29.8 Å². The standard InChI is InChI=1S/C48H73N9O13/c1-24(2)22-33-42(62)51-32-18-20-37(60)57(46(32)66)40(26(5)6)47(67)55(9)35(23-29-13-15-30(69-10)16-14-29)44(64)53-38(25(3)4)48(68)70-27(7)39(45(65)52-33)54-41(61)31(17-19-36(49)59)50-43(63)34-12-11-21-56(34)28(8)58/h13-16,24-27,31-35,37-40,60H,11-12,17-23H2,1-10H3,(H2,49,59)(H,50,63)(H,51,62)(H,52,65)(H,53,64)(H,54,61)/t27-,31+,32-,33+,34-,35-,37-,38+,39+,40+/m1/s1. The first-order valence-corrected chi connectivity index (χ1v) is 24.0. The Kier molecular flexibility index (Phi) is 20.1. The molecule has 388 valence electrons. The highest BCUT2D eigenvalue weighted by atomic mass is 16.5. The first-order valence-electron chi connectivity index (χ1n) is 24.0. The van der Waals surface area contributed by atoms with Gasteiger partial charge < -0.3 is 61.6 Å². The van der Waals surface area contributed by atoms with E-state index in [-0.39, 0.29) is 50.4 Å². The number of esters is 1. The number of likely N-dealkylation sites (N-methyl/N-ethyl adjacent to an activating group) is 1. The van der Waals surface area contributed by atoms with Gasteiger partial charge in [0.2, 0.25) is 53.2 Å². The molecule has 3 heterocycles. The Balaban J connectivity index is 1.83. The lowest BCUT2D eigenvalue weighted by molar-refractivity contribution is -0.167. The number of aliphatic hydroxyl groups is 1. The molecule has 22 nitrogen and oxygen atoms in total. The van der Waals surface area contributed by atoms with Gasteiger partial charge in [-0.3, -0.25) is 43.2 Å². The van der Waals surface area contributed by atoms with Gasteiger partial charge in [0.25, 0.3) is 0 Å². The van der Waals surface area contributed by atoms with Crippen LogP contribution in [0.4, 0.5) is 0 Å². The van der Waals surface area contributed by atoms with E-state index < -0.39 is 126 Å². The molecular weight excluding hydrogens is 911 g/mol. The number of methoxy groups -OCH3 is 1. The summed E-state index contributed by atoms with van der Waals surface area (Å²) in [6, 6.07) is -4.15. The molecular formula is C48H73N9O13. The van der Waals surface area contributed by atoms with Crippen LogP contribution >= 0.6 is 0 Å². The maximum absolute atomic E-state index is 14.8. The molecule has 70 heavy (non-hydrogen) atoms. The molecule has 1 aromatic carbocycles. The number of carbonyl (C=O) groups is 10. The van der Waals surface area contributed by atoms with Gasteiger partial charge in [0.1, 0.15) is 66.4 Å². The van der Waals surface area contributed by atoms with E-state index in [0.29, 0.717) is 30.7 Å². The fourth-order valence-corrected chi connectivity index (χ4v) is 9.04. The van der Waals surface area contributed by atoms with Crippen LogP contribution in [0, 0.1) is 17.8 Å². The zero-order valence-corrected chi connectivity index (χ0v) is 41.9. The Morgan fingerprint density at radius 2 is 1.54 bits per heavy atom. The van der Waals surface area contributed by atoms with Crippen LogP contribution in [0.2, 0.25) is 0 Å². The summed E-state index contributed by atoms with van der Waals surface area (Å²) in [5, 5.41) is 24.6. The SMILES string of the molecule is COc1ccc(C[C@@H]2C(=O)N[C@@H](C(C)C)C(=O)O[C@H](C)[C@H](NC(=O)[C@H](CCC(N)=O)NC(=O)[C@H]3CCCN3C(C)=O)C(=O)N[C@@H](CC(C)C)C(=O)N[C@@H]3CC[C@@H](O)N(C3=O)[C@@H](C(C)C)C(=O)N2C)cc1. The minimum absolute atomic E-state index is 0.0138. The molecule has 1 aromatic rings. The number of carbonyl (C=O) groups excluding carboxylic acids is 10. The van der Waals surface area contributed by atoms with Crippen molar-refractivity contribution in [3.63, 3.8) is 0 Å².